The van der Waals surface area contributed by atoms with Crippen molar-refractivity contribution in [2.75, 3.05) is 37.7 Å². The lowest BCUT2D eigenvalue weighted by atomic mass is 10.0. The minimum absolute atomic E-state index is 0.00715. The maximum absolute atomic E-state index is 15.4. The van der Waals surface area contributed by atoms with E-state index in [1.54, 1.807) is 54.8 Å². The number of amides is 2. The van der Waals surface area contributed by atoms with Gasteiger partial charge in [-0.3, -0.25) is 29.1 Å². The Bertz CT molecular complexity index is 3280. The second-order valence-corrected chi connectivity index (χ2v) is 15.8. The third-order valence-electron chi connectivity index (χ3n) is 11.0. The minimum atomic E-state index is -0.972. The molecule has 0 aliphatic heterocycles. The highest BCUT2D eigenvalue weighted by atomic mass is 35.5. The molecule has 0 saturated heterocycles. The van der Waals surface area contributed by atoms with Gasteiger partial charge >= 0.3 is 0 Å². The number of Topliss-reactive ketones (excluding diaryl/α,β-unsaturated/α-hetero) is 2. The summed E-state index contributed by atoms with van der Waals surface area (Å²) in [5.41, 5.74) is 10.6. The van der Waals surface area contributed by atoms with Crippen molar-refractivity contribution >= 4 is 85.5 Å². The van der Waals surface area contributed by atoms with Crippen molar-refractivity contribution < 1.29 is 37.8 Å². The fourth-order valence-corrected chi connectivity index (χ4v) is 8.09. The van der Waals surface area contributed by atoms with Gasteiger partial charge in [0.15, 0.2) is 11.6 Å². The number of benzene rings is 2. The van der Waals surface area contributed by atoms with Crippen LogP contribution in [0, 0.1) is 19.7 Å². The highest BCUT2D eigenvalue weighted by Crippen LogP contribution is 2.38. The molecule has 0 unspecified atom stereocenters. The van der Waals surface area contributed by atoms with Gasteiger partial charge in [0.05, 0.1) is 78.2 Å². The molecule has 66 heavy (non-hydrogen) atoms. The van der Waals surface area contributed by atoms with Crippen LogP contribution in [0.25, 0.3) is 32.9 Å². The lowest BCUT2D eigenvalue weighted by Crippen LogP contribution is -2.24. The Morgan fingerprint density at radius 2 is 1.32 bits per heavy atom. The number of nitrogen functional groups attached to an aromatic ring is 1. The van der Waals surface area contributed by atoms with Gasteiger partial charge in [0.2, 0.25) is 11.8 Å². The van der Waals surface area contributed by atoms with Gasteiger partial charge in [-0.25, -0.2) is 14.4 Å². The number of ether oxygens (including phenoxy) is 3. The Kier molecular flexibility index (Phi) is 12.4. The number of nitrogens with zero attached hydrogens (tertiary/aromatic N) is 6. The molecule has 2 amide bonds. The number of carbonyl (C=O) groups is 4. The van der Waals surface area contributed by atoms with Crippen molar-refractivity contribution in [1.82, 2.24) is 29.1 Å². The Balaban J connectivity index is 1.14. The van der Waals surface area contributed by atoms with E-state index in [9.17, 15) is 19.2 Å². The molecule has 0 aliphatic carbocycles. The number of methoxy groups -OCH3 is 3. The number of pyridine rings is 4. The van der Waals surface area contributed by atoms with Crippen LogP contribution in [-0.4, -0.2) is 73.8 Å². The van der Waals surface area contributed by atoms with Gasteiger partial charge < -0.3 is 39.7 Å². The number of hydrogen-bond acceptors (Lipinski definition) is 12. The predicted octanol–water partition coefficient (Wildman–Crippen LogP) is 8.25. The largest absolute Gasteiger partial charge is 0.494 e. The SMILES string of the molecule is COc1cc(NC(=O)C(=O)c2c(C)n(Cc3cc(-c4cnc(OC)cc4NC(=O)C(=O)c4c(C)n(Cc5ccc(Cl)cn5)c5ccc(N)cc45)c(Cl)cn3)c3cc(F)c(OC)cc23)ccn1. The summed E-state index contributed by atoms with van der Waals surface area (Å²) in [5, 5.41) is 6.68. The fraction of sp³-hybridized carbons (Fsp3) is 0.149. The molecule has 8 aromatic rings. The highest BCUT2D eigenvalue weighted by molar-refractivity contribution is 6.49. The van der Waals surface area contributed by atoms with Crippen molar-refractivity contribution in [3.05, 3.63) is 141 Å². The molecule has 0 fully saturated rings. The average Bonchev–Trinajstić information content (AvgIpc) is 3.73. The molecular formula is C47H38Cl2FN9O7. The number of ketones is 2. The molecule has 0 atom stereocenters. The molecule has 4 N–H and O–H groups in total. The van der Waals surface area contributed by atoms with E-state index >= 15 is 4.39 Å². The average molecular weight is 931 g/mol. The first-order valence-corrected chi connectivity index (χ1v) is 20.7. The predicted molar refractivity (Wildman–Crippen MR) is 247 cm³/mol. The number of carbonyl (C=O) groups excluding carboxylic acids is 4. The van der Waals surface area contributed by atoms with Crippen LogP contribution in [0.15, 0.2) is 91.5 Å². The zero-order chi connectivity index (χ0) is 47.0. The van der Waals surface area contributed by atoms with E-state index in [4.69, 9.17) is 43.1 Å². The van der Waals surface area contributed by atoms with Crippen molar-refractivity contribution in [2.45, 2.75) is 26.9 Å². The first-order valence-electron chi connectivity index (χ1n) is 19.9. The summed E-state index contributed by atoms with van der Waals surface area (Å²) in [6, 6.07) is 17.2. The molecule has 334 valence electrons. The standard InChI is InChI=1S/C47H38Cl2FN9O7/c1-23-42(31-12-26(51)7-9-37(31)58(23)21-28-8-6-25(48)18-53-28)45(61)47(63)57-36-17-41(66-5)55-19-33(36)30-13-29(54-20-34(30)49)22-59-24(2)43(32-15-39(64-3)35(50)16-38(32)59)44(60)46(62)56-27-10-11-52-40(14-27)65-4/h6-20H,21-22,51H2,1-5H3,(H,52,56,62)(H,55,57,63). The van der Waals surface area contributed by atoms with Crippen molar-refractivity contribution in [3.8, 4) is 28.6 Å². The summed E-state index contributed by atoms with van der Waals surface area (Å²) in [5.74, 6) is -4.16. The van der Waals surface area contributed by atoms with E-state index in [2.05, 4.69) is 30.6 Å². The number of nitrogens with one attached hydrogen (secondary N) is 2. The summed E-state index contributed by atoms with van der Waals surface area (Å²) in [4.78, 5) is 73.1. The molecule has 0 aliphatic rings. The Morgan fingerprint density at radius 1 is 0.667 bits per heavy atom. The van der Waals surface area contributed by atoms with E-state index in [0.717, 1.165) is 0 Å². The quantitative estimate of drug-likeness (QED) is 0.0535. The molecule has 6 aromatic heterocycles. The lowest BCUT2D eigenvalue weighted by Gasteiger charge is -2.15. The zero-order valence-electron chi connectivity index (χ0n) is 35.8. The van der Waals surface area contributed by atoms with Crippen LogP contribution in [0.1, 0.15) is 43.5 Å². The Labute approximate surface area is 385 Å². The van der Waals surface area contributed by atoms with Crippen molar-refractivity contribution in [3.63, 3.8) is 0 Å². The van der Waals surface area contributed by atoms with Crippen LogP contribution in [-0.2, 0) is 22.7 Å². The number of anilines is 3. The topological polar surface area (TPSA) is 207 Å². The van der Waals surface area contributed by atoms with Gasteiger partial charge in [0.25, 0.3) is 23.4 Å². The van der Waals surface area contributed by atoms with Crippen LogP contribution in [0.5, 0.6) is 17.5 Å². The number of halogens is 3. The van der Waals surface area contributed by atoms with E-state index in [1.807, 2.05) is 4.57 Å². The van der Waals surface area contributed by atoms with Crippen LogP contribution in [0.3, 0.4) is 0 Å². The van der Waals surface area contributed by atoms with Crippen LogP contribution in [0.2, 0.25) is 10.0 Å². The summed E-state index contributed by atoms with van der Waals surface area (Å²) in [6.45, 7) is 3.59. The molecule has 0 bridgehead atoms. The molecule has 2 aromatic carbocycles. The van der Waals surface area contributed by atoms with Gasteiger partial charge in [0.1, 0.15) is 0 Å². The maximum Gasteiger partial charge on any atom is 0.296 e. The second kappa shape index (κ2) is 18.3. The molecule has 8 rings (SSSR count). The van der Waals surface area contributed by atoms with Crippen LogP contribution in [0.4, 0.5) is 21.5 Å². The second-order valence-electron chi connectivity index (χ2n) is 14.9. The molecule has 0 saturated carbocycles. The number of nitrogens with two attached hydrogens (primary N) is 1. The van der Waals surface area contributed by atoms with Gasteiger partial charge in [-0.05, 0) is 62.4 Å². The Hall–Kier alpha value is -7.89. The zero-order valence-corrected chi connectivity index (χ0v) is 37.3. The normalized spacial score (nSPS) is 11.2. The molecule has 6 heterocycles. The maximum atomic E-state index is 15.4. The number of aromatic nitrogens is 6. The number of rotatable bonds is 14. The minimum Gasteiger partial charge on any atom is -0.494 e. The monoisotopic (exact) mass is 929 g/mol. The third kappa shape index (κ3) is 8.56. The van der Waals surface area contributed by atoms with Crippen molar-refractivity contribution in [2.24, 2.45) is 0 Å². The van der Waals surface area contributed by atoms with Gasteiger partial charge in [0, 0.05) is 93.2 Å². The van der Waals surface area contributed by atoms with E-state index in [1.165, 1.54) is 76.4 Å². The molecule has 0 spiro atoms. The molecule has 19 heteroatoms. The molecule has 16 nitrogen and oxygen atoms in total. The van der Waals surface area contributed by atoms with Crippen LogP contribution >= 0.6 is 23.2 Å². The third-order valence-corrected chi connectivity index (χ3v) is 11.5. The molecule has 0 radical (unpaired) electrons. The van der Waals surface area contributed by atoms with E-state index in [-0.39, 0.29) is 69.0 Å². The lowest BCUT2D eigenvalue weighted by molar-refractivity contribution is -0.113. The highest BCUT2D eigenvalue weighted by Gasteiger charge is 2.29. The summed E-state index contributed by atoms with van der Waals surface area (Å²) >= 11 is 12.9. The first kappa shape index (κ1) is 44.7. The first-order chi connectivity index (χ1) is 31.7. The van der Waals surface area contributed by atoms with Gasteiger partial charge in [-0.1, -0.05) is 23.2 Å². The van der Waals surface area contributed by atoms with E-state index < -0.39 is 29.2 Å². The molecular weight excluding hydrogens is 892 g/mol. The fourth-order valence-electron chi connectivity index (χ4n) is 7.77. The summed E-state index contributed by atoms with van der Waals surface area (Å²) < 4.78 is 34.7. The van der Waals surface area contributed by atoms with Crippen molar-refractivity contribution in [1.29, 1.82) is 0 Å². The number of fused-ring (bicyclic) bond motifs is 2. The van der Waals surface area contributed by atoms with Gasteiger partial charge in [-0.2, -0.15) is 0 Å². The van der Waals surface area contributed by atoms with Gasteiger partial charge in [-0.15, -0.1) is 0 Å². The van der Waals surface area contributed by atoms with Crippen LogP contribution < -0.4 is 30.6 Å². The number of hydrogen-bond donors (Lipinski definition) is 3. The van der Waals surface area contributed by atoms with E-state index in [0.29, 0.717) is 55.5 Å². The summed E-state index contributed by atoms with van der Waals surface area (Å²) in [7, 11) is 4.10. The smallest absolute Gasteiger partial charge is 0.296 e. The summed E-state index contributed by atoms with van der Waals surface area (Å²) in [6.07, 6.45) is 5.75. The Morgan fingerprint density at radius 3 is 2.00 bits per heavy atom.